The highest BCUT2D eigenvalue weighted by atomic mass is 32.1. The third-order valence-electron chi connectivity index (χ3n) is 1.84. The summed E-state index contributed by atoms with van der Waals surface area (Å²) in [6.45, 7) is 2.19. The van der Waals surface area contributed by atoms with Crippen molar-refractivity contribution in [2.24, 2.45) is 0 Å². The minimum Gasteiger partial charge on any atom is -0.391 e. The molecular formula is C9H15NO2S. The second-order valence-electron chi connectivity index (χ2n) is 2.84. The van der Waals surface area contributed by atoms with Crippen LogP contribution in [-0.4, -0.2) is 17.2 Å². The van der Waals surface area contributed by atoms with Gasteiger partial charge < -0.3 is 9.84 Å². The first-order chi connectivity index (χ1) is 6.31. The Kier molecular flexibility index (Phi) is 4.35. The molecule has 0 bridgehead atoms. The maximum atomic E-state index is 8.86. The third kappa shape index (κ3) is 2.76. The zero-order valence-electron chi connectivity index (χ0n) is 7.99. The molecule has 74 valence electrons. The molecule has 0 spiro atoms. The Morgan fingerprint density at radius 2 is 2.46 bits per heavy atom. The molecule has 1 unspecified atom stereocenters. The smallest absolute Gasteiger partial charge is 0.122 e. The lowest BCUT2D eigenvalue weighted by Crippen LogP contribution is -1.99. The van der Waals surface area contributed by atoms with E-state index in [0.29, 0.717) is 0 Å². The summed E-state index contributed by atoms with van der Waals surface area (Å²) >= 11 is 1.52. The fourth-order valence-electron chi connectivity index (χ4n) is 1.15. The molecule has 0 aliphatic carbocycles. The number of aromatic nitrogens is 1. The minimum absolute atomic E-state index is 0.0697. The lowest BCUT2D eigenvalue weighted by Gasteiger charge is -2.10. The van der Waals surface area contributed by atoms with Crippen LogP contribution in [0.1, 0.15) is 35.8 Å². The lowest BCUT2D eigenvalue weighted by atomic mass is 10.2. The molecule has 0 aliphatic heterocycles. The first-order valence-electron chi connectivity index (χ1n) is 4.40. The van der Waals surface area contributed by atoms with E-state index in [0.717, 1.165) is 22.7 Å². The monoisotopic (exact) mass is 201 g/mol. The Labute approximate surface area is 82.4 Å². The van der Waals surface area contributed by atoms with Crippen molar-refractivity contribution in [1.29, 1.82) is 0 Å². The number of hydrogen-bond acceptors (Lipinski definition) is 4. The van der Waals surface area contributed by atoms with E-state index in [4.69, 9.17) is 9.84 Å². The van der Waals surface area contributed by atoms with Crippen LogP contribution < -0.4 is 0 Å². The fourth-order valence-corrected chi connectivity index (χ4v) is 2.04. The highest BCUT2D eigenvalue weighted by molar-refractivity contribution is 7.11. The van der Waals surface area contributed by atoms with Crippen LogP contribution in [0.3, 0.4) is 0 Å². The maximum Gasteiger partial charge on any atom is 0.122 e. The average molecular weight is 201 g/mol. The largest absolute Gasteiger partial charge is 0.391 e. The van der Waals surface area contributed by atoms with E-state index >= 15 is 0 Å². The van der Waals surface area contributed by atoms with Crippen molar-refractivity contribution in [3.63, 3.8) is 0 Å². The van der Waals surface area contributed by atoms with Gasteiger partial charge in [-0.05, 0) is 6.42 Å². The summed E-state index contributed by atoms with van der Waals surface area (Å²) in [6.07, 6.45) is 3.86. The van der Waals surface area contributed by atoms with E-state index in [9.17, 15) is 0 Å². The molecule has 0 saturated carbocycles. The Bertz CT molecular complexity index is 250. The zero-order valence-corrected chi connectivity index (χ0v) is 8.80. The van der Waals surface area contributed by atoms with E-state index in [-0.39, 0.29) is 12.7 Å². The number of hydrogen-bond donors (Lipinski definition) is 1. The van der Waals surface area contributed by atoms with Gasteiger partial charge in [-0.2, -0.15) is 0 Å². The lowest BCUT2D eigenvalue weighted by molar-refractivity contribution is 0.0947. The van der Waals surface area contributed by atoms with Crippen LogP contribution >= 0.6 is 11.3 Å². The molecule has 1 aromatic rings. The van der Waals surface area contributed by atoms with Crippen LogP contribution in [0.5, 0.6) is 0 Å². The van der Waals surface area contributed by atoms with Gasteiger partial charge in [-0.25, -0.2) is 4.98 Å². The Morgan fingerprint density at radius 1 is 1.69 bits per heavy atom. The number of thiazole rings is 1. The van der Waals surface area contributed by atoms with Gasteiger partial charge in [0.15, 0.2) is 0 Å². The Morgan fingerprint density at radius 3 is 2.92 bits per heavy atom. The predicted molar refractivity (Wildman–Crippen MR) is 52.7 cm³/mol. The molecule has 1 rings (SSSR count). The van der Waals surface area contributed by atoms with Crippen LogP contribution in [-0.2, 0) is 11.3 Å². The number of ether oxygens (including phenoxy) is 1. The molecule has 0 aliphatic rings. The Hall–Kier alpha value is -0.450. The SMILES string of the molecule is CCCC(OC)c1ncc(CO)s1. The average Bonchev–Trinajstić information content (AvgIpc) is 2.62. The van der Waals surface area contributed by atoms with Crippen molar-refractivity contribution in [3.05, 3.63) is 16.1 Å². The number of methoxy groups -OCH3 is 1. The molecule has 0 saturated heterocycles. The standard InChI is InChI=1S/C9H15NO2S/c1-3-4-8(12-2)9-10-5-7(6-11)13-9/h5,8,11H,3-4,6H2,1-2H3. The molecule has 0 radical (unpaired) electrons. The molecule has 4 heteroatoms. The molecular weight excluding hydrogens is 186 g/mol. The van der Waals surface area contributed by atoms with E-state index in [1.165, 1.54) is 11.3 Å². The first-order valence-corrected chi connectivity index (χ1v) is 5.21. The fraction of sp³-hybridized carbons (Fsp3) is 0.667. The second kappa shape index (κ2) is 5.32. The van der Waals surface area contributed by atoms with Gasteiger partial charge in [0.1, 0.15) is 11.1 Å². The predicted octanol–water partition coefficient (Wildman–Crippen LogP) is 2.12. The molecule has 3 nitrogen and oxygen atoms in total. The number of aliphatic hydroxyl groups excluding tert-OH is 1. The van der Waals surface area contributed by atoms with Gasteiger partial charge in [-0.3, -0.25) is 0 Å². The van der Waals surface area contributed by atoms with E-state index < -0.39 is 0 Å². The summed E-state index contributed by atoms with van der Waals surface area (Å²) in [5.74, 6) is 0. The van der Waals surface area contributed by atoms with E-state index in [1.807, 2.05) is 0 Å². The van der Waals surface area contributed by atoms with Gasteiger partial charge >= 0.3 is 0 Å². The maximum absolute atomic E-state index is 8.86. The summed E-state index contributed by atoms with van der Waals surface area (Å²) in [7, 11) is 1.69. The number of aliphatic hydroxyl groups is 1. The minimum atomic E-state index is 0.0697. The topological polar surface area (TPSA) is 42.4 Å². The molecule has 0 fully saturated rings. The number of nitrogens with zero attached hydrogens (tertiary/aromatic N) is 1. The van der Waals surface area contributed by atoms with Crippen molar-refractivity contribution >= 4 is 11.3 Å². The molecule has 13 heavy (non-hydrogen) atoms. The van der Waals surface area contributed by atoms with Crippen LogP contribution in [0.2, 0.25) is 0 Å². The molecule has 1 aromatic heterocycles. The van der Waals surface area contributed by atoms with Crippen molar-refractivity contribution in [3.8, 4) is 0 Å². The molecule has 1 atom stereocenters. The summed E-state index contributed by atoms with van der Waals surface area (Å²) in [5.41, 5.74) is 0. The van der Waals surface area contributed by atoms with Gasteiger partial charge in [0.05, 0.1) is 11.5 Å². The summed E-state index contributed by atoms with van der Waals surface area (Å²) in [6, 6.07) is 0. The van der Waals surface area contributed by atoms with Gasteiger partial charge in [-0.1, -0.05) is 13.3 Å². The quantitative estimate of drug-likeness (QED) is 0.793. The van der Waals surface area contributed by atoms with Gasteiger partial charge in [0.2, 0.25) is 0 Å². The zero-order chi connectivity index (χ0) is 9.68. The van der Waals surface area contributed by atoms with Crippen molar-refractivity contribution in [2.75, 3.05) is 7.11 Å². The van der Waals surface area contributed by atoms with Gasteiger partial charge in [0, 0.05) is 13.3 Å². The van der Waals surface area contributed by atoms with Gasteiger partial charge in [0.25, 0.3) is 0 Å². The number of rotatable bonds is 5. The third-order valence-corrected chi connectivity index (χ3v) is 2.91. The highest BCUT2D eigenvalue weighted by Crippen LogP contribution is 2.26. The first kappa shape index (κ1) is 10.6. The molecule has 0 amide bonds. The summed E-state index contributed by atoms with van der Waals surface area (Å²) in [5, 5.41) is 9.83. The summed E-state index contributed by atoms with van der Waals surface area (Å²) in [4.78, 5) is 5.11. The molecule has 1 N–H and O–H groups in total. The normalized spacial score (nSPS) is 13.2. The van der Waals surface area contributed by atoms with E-state index in [1.54, 1.807) is 13.3 Å². The Balaban J connectivity index is 2.67. The van der Waals surface area contributed by atoms with Crippen LogP contribution in [0.15, 0.2) is 6.20 Å². The van der Waals surface area contributed by atoms with Crippen LogP contribution in [0, 0.1) is 0 Å². The van der Waals surface area contributed by atoms with Gasteiger partial charge in [-0.15, -0.1) is 11.3 Å². The van der Waals surface area contributed by atoms with Crippen LogP contribution in [0.25, 0.3) is 0 Å². The second-order valence-corrected chi connectivity index (χ2v) is 3.98. The highest BCUT2D eigenvalue weighted by Gasteiger charge is 2.13. The van der Waals surface area contributed by atoms with Crippen molar-refractivity contribution in [1.82, 2.24) is 4.98 Å². The van der Waals surface area contributed by atoms with Crippen molar-refractivity contribution in [2.45, 2.75) is 32.5 Å². The molecule has 1 heterocycles. The van der Waals surface area contributed by atoms with Crippen molar-refractivity contribution < 1.29 is 9.84 Å². The van der Waals surface area contributed by atoms with E-state index in [2.05, 4.69) is 11.9 Å². The summed E-state index contributed by atoms with van der Waals surface area (Å²) < 4.78 is 5.30. The van der Waals surface area contributed by atoms with Crippen LogP contribution in [0.4, 0.5) is 0 Å². The molecule has 0 aromatic carbocycles.